The van der Waals surface area contributed by atoms with Gasteiger partial charge in [-0.25, -0.2) is 0 Å². The van der Waals surface area contributed by atoms with E-state index in [2.05, 4.69) is 5.32 Å². The number of rotatable bonds is 7. The van der Waals surface area contributed by atoms with Crippen LogP contribution in [-0.2, 0) is 9.53 Å². The van der Waals surface area contributed by atoms with Crippen LogP contribution in [0.3, 0.4) is 0 Å². The van der Waals surface area contributed by atoms with Gasteiger partial charge in [0.15, 0.2) is 0 Å². The van der Waals surface area contributed by atoms with Crippen molar-refractivity contribution in [3.8, 4) is 0 Å². The zero-order chi connectivity index (χ0) is 12.5. The Morgan fingerprint density at radius 1 is 1.47 bits per heavy atom. The second kappa shape index (κ2) is 8.44. The topological polar surface area (TPSA) is 67.6 Å². The van der Waals surface area contributed by atoms with Crippen molar-refractivity contribution >= 4 is 5.91 Å². The lowest BCUT2D eigenvalue weighted by molar-refractivity contribution is -0.132. The van der Waals surface area contributed by atoms with Gasteiger partial charge >= 0.3 is 0 Å². The van der Waals surface area contributed by atoms with E-state index in [4.69, 9.17) is 10.5 Å². The molecule has 0 radical (unpaired) electrons. The molecule has 1 amide bonds. The van der Waals surface area contributed by atoms with Crippen LogP contribution in [-0.4, -0.2) is 56.7 Å². The van der Waals surface area contributed by atoms with Gasteiger partial charge in [0.05, 0.1) is 6.61 Å². The van der Waals surface area contributed by atoms with Crippen LogP contribution >= 0.6 is 0 Å². The van der Waals surface area contributed by atoms with Gasteiger partial charge in [-0.3, -0.25) is 4.79 Å². The molecule has 1 rings (SSSR count). The number of carbonyl (C=O) groups excluding carboxylic acids is 1. The molecule has 0 saturated carbocycles. The van der Waals surface area contributed by atoms with Gasteiger partial charge in [-0.2, -0.15) is 0 Å². The summed E-state index contributed by atoms with van der Waals surface area (Å²) in [6, 6.07) is 0.279. The summed E-state index contributed by atoms with van der Waals surface area (Å²) in [5.74, 6) is 0.268. The molecule has 0 aliphatic carbocycles. The number of methoxy groups -OCH3 is 1. The first-order valence-electron chi connectivity index (χ1n) is 6.48. The van der Waals surface area contributed by atoms with Crippen molar-refractivity contribution in [3.63, 3.8) is 0 Å². The van der Waals surface area contributed by atoms with Crippen molar-refractivity contribution in [2.24, 2.45) is 5.73 Å². The lowest BCUT2D eigenvalue weighted by Gasteiger charge is -2.33. The van der Waals surface area contributed by atoms with E-state index in [1.807, 2.05) is 4.90 Å². The number of unbranched alkanes of at least 4 members (excludes halogenated alkanes) is 2. The summed E-state index contributed by atoms with van der Waals surface area (Å²) in [5, 5.41) is 3.35. The largest absolute Gasteiger partial charge is 0.383 e. The molecule has 1 heterocycles. The first-order chi connectivity index (χ1) is 8.27. The summed E-state index contributed by atoms with van der Waals surface area (Å²) in [6.45, 7) is 3.83. The van der Waals surface area contributed by atoms with Crippen molar-refractivity contribution in [1.82, 2.24) is 10.2 Å². The maximum Gasteiger partial charge on any atom is 0.222 e. The van der Waals surface area contributed by atoms with Crippen LogP contribution in [0.2, 0.25) is 0 Å². The molecule has 1 aliphatic heterocycles. The van der Waals surface area contributed by atoms with Gasteiger partial charge in [-0.1, -0.05) is 6.42 Å². The second-order valence-electron chi connectivity index (χ2n) is 4.55. The number of nitrogens with two attached hydrogens (primary N) is 1. The van der Waals surface area contributed by atoms with Gasteiger partial charge < -0.3 is 20.7 Å². The van der Waals surface area contributed by atoms with Gasteiger partial charge in [0.25, 0.3) is 0 Å². The number of amides is 1. The first kappa shape index (κ1) is 14.4. The summed E-state index contributed by atoms with van der Waals surface area (Å²) in [4.78, 5) is 13.9. The fourth-order valence-electron chi connectivity index (χ4n) is 2.12. The fraction of sp³-hybridized carbons (Fsp3) is 0.917. The standard InChI is InChI=1S/C12H25N3O2/c1-17-10-11-9-15(8-7-14-11)12(16)5-3-2-4-6-13/h11,14H,2-10,13H2,1H3. The summed E-state index contributed by atoms with van der Waals surface area (Å²) >= 11 is 0. The minimum Gasteiger partial charge on any atom is -0.383 e. The van der Waals surface area contributed by atoms with Crippen molar-refractivity contribution in [2.75, 3.05) is 39.9 Å². The minimum atomic E-state index is 0.268. The van der Waals surface area contributed by atoms with Crippen LogP contribution in [0.15, 0.2) is 0 Å². The zero-order valence-electron chi connectivity index (χ0n) is 10.8. The van der Waals surface area contributed by atoms with Crippen molar-refractivity contribution in [3.05, 3.63) is 0 Å². The van der Waals surface area contributed by atoms with Gasteiger partial charge in [-0.05, 0) is 19.4 Å². The normalized spacial score (nSPS) is 20.6. The van der Waals surface area contributed by atoms with Crippen LogP contribution < -0.4 is 11.1 Å². The molecule has 1 aliphatic rings. The average Bonchev–Trinajstić information content (AvgIpc) is 2.35. The predicted molar refractivity (Wildman–Crippen MR) is 67.8 cm³/mol. The Kier molecular flexibility index (Phi) is 7.16. The number of ether oxygens (including phenoxy) is 1. The zero-order valence-corrected chi connectivity index (χ0v) is 10.8. The minimum absolute atomic E-state index is 0.268. The molecule has 1 saturated heterocycles. The van der Waals surface area contributed by atoms with Crippen molar-refractivity contribution < 1.29 is 9.53 Å². The number of nitrogens with one attached hydrogen (secondary N) is 1. The molecule has 3 N–H and O–H groups in total. The highest BCUT2D eigenvalue weighted by molar-refractivity contribution is 5.76. The van der Waals surface area contributed by atoms with Gasteiger partial charge in [0.2, 0.25) is 5.91 Å². The highest BCUT2D eigenvalue weighted by atomic mass is 16.5. The molecule has 17 heavy (non-hydrogen) atoms. The Morgan fingerprint density at radius 3 is 3.00 bits per heavy atom. The van der Waals surface area contributed by atoms with E-state index in [1.54, 1.807) is 7.11 Å². The summed E-state index contributed by atoms with van der Waals surface area (Å²) in [6.07, 6.45) is 3.67. The van der Waals surface area contributed by atoms with E-state index in [0.29, 0.717) is 13.0 Å². The molecular formula is C12H25N3O2. The number of hydrogen-bond acceptors (Lipinski definition) is 4. The molecule has 0 aromatic carbocycles. The lowest BCUT2D eigenvalue weighted by atomic mass is 10.1. The Morgan fingerprint density at radius 2 is 2.29 bits per heavy atom. The summed E-state index contributed by atoms with van der Waals surface area (Å²) in [7, 11) is 1.69. The predicted octanol–water partition coefficient (Wildman–Crippen LogP) is -0.0477. The van der Waals surface area contributed by atoms with Gasteiger partial charge in [-0.15, -0.1) is 0 Å². The third-order valence-corrected chi connectivity index (χ3v) is 3.07. The molecule has 100 valence electrons. The molecular weight excluding hydrogens is 218 g/mol. The highest BCUT2D eigenvalue weighted by Crippen LogP contribution is 2.06. The molecule has 1 fully saturated rings. The Labute approximate surface area is 104 Å². The van der Waals surface area contributed by atoms with E-state index in [0.717, 1.165) is 45.4 Å². The molecule has 5 nitrogen and oxygen atoms in total. The Bertz CT molecular complexity index is 222. The summed E-state index contributed by atoms with van der Waals surface area (Å²) in [5.41, 5.74) is 5.42. The van der Waals surface area contributed by atoms with Gasteiger partial charge in [0, 0.05) is 39.2 Å². The summed E-state index contributed by atoms with van der Waals surface area (Å²) < 4.78 is 5.11. The van der Waals surface area contributed by atoms with Crippen LogP contribution in [0.4, 0.5) is 0 Å². The maximum absolute atomic E-state index is 11.9. The van der Waals surface area contributed by atoms with E-state index in [1.165, 1.54) is 0 Å². The molecule has 5 heteroatoms. The smallest absolute Gasteiger partial charge is 0.222 e. The van der Waals surface area contributed by atoms with Crippen LogP contribution in [0.5, 0.6) is 0 Å². The van der Waals surface area contributed by atoms with E-state index in [-0.39, 0.29) is 11.9 Å². The quantitative estimate of drug-likeness (QED) is 0.615. The van der Waals surface area contributed by atoms with E-state index < -0.39 is 0 Å². The maximum atomic E-state index is 11.9. The third kappa shape index (κ3) is 5.48. The first-order valence-corrected chi connectivity index (χ1v) is 6.48. The van der Waals surface area contributed by atoms with E-state index >= 15 is 0 Å². The Hall–Kier alpha value is -0.650. The second-order valence-corrected chi connectivity index (χ2v) is 4.55. The SMILES string of the molecule is COCC1CN(C(=O)CCCCCN)CCN1. The van der Waals surface area contributed by atoms with Gasteiger partial charge in [0.1, 0.15) is 0 Å². The third-order valence-electron chi connectivity index (χ3n) is 3.07. The number of hydrogen-bond donors (Lipinski definition) is 2. The van der Waals surface area contributed by atoms with Crippen LogP contribution in [0, 0.1) is 0 Å². The lowest BCUT2D eigenvalue weighted by Crippen LogP contribution is -2.54. The number of nitrogens with zero attached hydrogens (tertiary/aromatic N) is 1. The fourth-order valence-corrected chi connectivity index (χ4v) is 2.12. The molecule has 0 spiro atoms. The molecule has 0 aromatic rings. The molecule has 1 unspecified atom stereocenters. The molecule has 0 aromatic heterocycles. The molecule has 0 bridgehead atoms. The van der Waals surface area contributed by atoms with Crippen LogP contribution in [0.25, 0.3) is 0 Å². The highest BCUT2D eigenvalue weighted by Gasteiger charge is 2.22. The average molecular weight is 243 g/mol. The monoisotopic (exact) mass is 243 g/mol. The van der Waals surface area contributed by atoms with Crippen molar-refractivity contribution in [2.45, 2.75) is 31.7 Å². The van der Waals surface area contributed by atoms with Crippen LogP contribution in [0.1, 0.15) is 25.7 Å². The Balaban J connectivity index is 2.21. The molecule has 1 atom stereocenters. The van der Waals surface area contributed by atoms with Crippen molar-refractivity contribution in [1.29, 1.82) is 0 Å². The number of piperazine rings is 1. The number of carbonyl (C=O) groups is 1. The van der Waals surface area contributed by atoms with E-state index in [9.17, 15) is 4.79 Å².